The quantitative estimate of drug-likeness (QED) is 0.686. The zero-order chi connectivity index (χ0) is 21.8. The van der Waals surface area contributed by atoms with Crippen LogP contribution in [0.15, 0.2) is 36.4 Å². The lowest BCUT2D eigenvalue weighted by Crippen LogP contribution is -2.17. The molecule has 0 aliphatic rings. The number of amides is 1. The first-order chi connectivity index (χ1) is 13.6. The molecule has 10 heteroatoms. The highest BCUT2D eigenvalue weighted by Gasteiger charge is 2.18. The molecule has 0 fully saturated rings. The van der Waals surface area contributed by atoms with E-state index in [1.807, 2.05) is 0 Å². The van der Waals surface area contributed by atoms with E-state index in [0.29, 0.717) is 5.56 Å². The summed E-state index contributed by atoms with van der Waals surface area (Å²) in [5, 5.41) is 2.55. The molecule has 2 rings (SSSR count). The SMILES string of the molecule is COC(=O)c1ccc(C(=O)OC)c(NC(=O)c2ccc(C)c(NS(C)(=O)=O)c2)c1. The molecule has 0 unspecified atom stereocenters. The highest BCUT2D eigenvalue weighted by Crippen LogP contribution is 2.23. The van der Waals surface area contributed by atoms with Gasteiger partial charge in [0.15, 0.2) is 0 Å². The zero-order valence-electron chi connectivity index (χ0n) is 16.2. The van der Waals surface area contributed by atoms with Gasteiger partial charge in [0.1, 0.15) is 0 Å². The smallest absolute Gasteiger partial charge is 0.339 e. The third-order valence-corrected chi connectivity index (χ3v) is 4.48. The van der Waals surface area contributed by atoms with Crippen molar-refractivity contribution in [2.45, 2.75) is 6.92 Å². The summed E-state index contributed by atoms with van der Waals surface area (Å²) in [7, 11) is -1.14. The summed E-state index contributed by atoms with van der Waals surface area (Å²) in [6.45, 7) is 1.68. The van der Waals surface area contributed by atoms with Gasteiger partial charge in [0.05, 0.1) is 43.0 Å². The van der Waals surface area contributed by atoms with Gasteiger partial charge in [0.2, 0.25) is 10.0 Å². The number of carbonyl (C=O) groups excluding carboxylic acids is 3. The summed E-state index contributed by atoms with van der Waals surface area (Å²) >= 11 is 0. The maximum absolute atomic E-state index is 12.7. The number of sulfonamides is 1. The normalized spacial score (nSPS) is 10.8. The Morgan fingerprint density at radius 3 is 2.03 bits per heavy atom. The van der Waals surface area contributed by atoms with Crippen LogP contribution in [-0.2, 0) is 19.5 Å². The van der Waals surface area contributed by atoms with E-state index in [2.05, 4.69) is 14.8 Å². The van der Waals surface area contributed by atoms with Crippen molar-refractivity contribution >= 4 is 39.2 Å². The Morgan fingerprint density at radius 1 is 0.862 bits per heavy atom. The number of benzene rings is 2. The van der Waals surface area contributed by atoms with Crippen LogP contribution in [-0.4, -0.2) is 46.7 Å². The number of rotatable bonds is 6. The first kappa shape index (κ1) is 21.9. The van der Waals surface area contributed by atoms with Crippen LogP contribution < -0.4 is 10.0 Å². The predicted octanol–water partition coefficient (Wildman–Crippen LogP) is 2.19. The number of hydrogen-bond acceptors (Lipinski definition) is 7. The van der Waals surface area contributed by atoms with Crippen molar-refractivity contribution in [3.63, 3.8) is 0 Å². The molecule has 0 spiro atoms. The molecule has 0 aliphatic heterocycles. The molecule has 2 aromatic carbocycles. The summed E-state index contributed by atoms with van der Waals surface area (Å²) in [6.07, 6.45) is 1.00. The van der Waals surface area contributed by atoms with Gasteiger partial charge in [-0.05, 0) is 42.8 Å². The van der Waals surface area contributed by atoms with Gasteiger partial charge in [-0.3, -0.25) is 9.52 Å². The van der Waals surface area contributed by atoms with Crippen LogP contribution in [0.3, 0.4) is 0 Å². The summed E-state index contributed by atoms with van der Waals surface area (Å²) in [5.74, 6) is -1.97. The minimum absolute atomic E-state index is 0.0371. The van der Waals surface area contributed by atoms with E-state index >= 15 is 0 Å². The number of methoxy groups -OCH3 is 2. The summed E-state index contributed by atoms with van der Waals surface area (Å²) in [6, 6.07) is 8.44. The van der Waals surface area contributed by atoms with Crippen molar-refractivity contribution in [2.75, 3.05) is 30.5 Å². The zero-order valence-corrected chi connectivity index (χ0v) is 17.0. The molecular formula is C19H20N2O7S. The lowest BCUT2D eigenvalue weighted by Gasteiger charge is -2.13. The standard InChI is InChI=1S/C19H20N2O7S/c1-11-5-6-12(9-15(11)21-29(4,25)26)17(22)20-16-10-13(18(23)27-2)7-8-14(16)19(24)28-3/h5-10,21H,1-4H3,(H,20,22). The highest BCUT2D eigenvalue weighted by atomic mass is 32.2. The molecule has 0 saturated carbocycles. The molecule has 0 radical (unpaired) electrons. The van der Waals surface area contributed by atoms with Crippen molar-refractivity contribution in [2.24, 2.45) is 0 Å². The van der Waals surface area contributed by atoms with Crippen LogP contribution in [0.4, 0.5) is 11.4 Å². The molecule has 0 heterocycles. The van der Waals surface area contributed by atoms with E-state index in [1.54, 1.807) is 13.0 Å². The molecule has 9 nitrogen and oxygen atoms in total. The Morgan fingerprint density at radius 2 is 1.45 bits per heavy atom. The van der Waals surface area contributed by atoms with E-state index in [1.165, 1.54) is 44.6 Å². The Bertz CT molecular complexity index is 1080. The Hall–Kier alpha value is -3.40. The van der Waals surface area contributed by atoms with E-state index in [0.717, 1.165) is 6.26 Å². The second-order valence-corrected chi connectivity index (χ2v) is 7.85. The minimum Gasteiger partial charge on any atom is -0.465 e. The van der Waals surface area contributed by atoms with Crippen LogP contribution in [0.2, 0.25) is 0 Å². The molecule has 2 aromatic rings. The average molecular weight is 420 g/mol. The lowest BCUT2D eigenvalue weighted by molar-refractivity contribution is 0.0587. The first-order valence-corrected chi connectivity index (χ1v) is 10.2. The van der Waals surface area contributed by atoms with Crippen molar-refractivity contribution in [3.8, 4) is 0 Å². The Kier molecular flexibility index (Phi) is 6.60. The van der Waals surface area contributed by atoms with Gasteiger partial charge in [-0.1, -0.05) is 6.07 Å². The van der Waals surface area contributed by atoms with Crippen molar-refractivity contribution in [3.05, 3.63) is 58.7 Å². The highest BCUT2D eigenvalue weighted by molar-refractivity contribution is 7.92. The molecule has 0 atom stereocenters. The van der Waals surface area contributed by atoms with Crippen LogP contribution in [0, 0.1) is 6.92 Å². The van der Waals surface area contributed by atoms with Crippen LogP contribution in [0.25, 0.3) is 0 Å². The third-order valence-electron chi connectivity index (χ3n) is 3.89. The lowest BCUT2D eigenvalue weighted by atomic mass is 10.1. The number of esters is 2. The monoisotopic (exact) mass is 420 g/mol. The molecule has 1 amide bonds. The molecule has 154 valence electrons. The average Bonchev–Trinajstić information content (AvgIpc) is 2.67. The van der Waals surface area contributed by atoms with Gasteiger partial charge in [-0.25, -0.2) is 18.0 Å². The molecule has 0 bridgehead atoms. The summed E-state index contributed by atoms with van der Waals surface area (Å²) < 4.78 is 34.7. The largest absolute Gasteiger partial charge is 0.465 e. The third kappa shape index (κ3) is 5.55. The van der Waals surface area contributed by atoms with E-state index in [-0.39, 0.29) is 28.1 Å². The van der Waals surface area contributed by atoms with Crippen LogP contribution in [0.5, 0.6) is 0 Å². The van der Waals surface area contributed by atoms with Crippen LogP contribution in [0.1, 0.15) is 36.6 Å². The molecule has 0 saturated heterocycles. The van der Waals surface area contributed by atoms with E-state index in [9.17, 15) is 22.8 Å². The molecule has 2 N–H and O–H groups in total. The van der Waals surface area contributed by atoms with Gasteiger partial charge >= 0.3 is 11.9 Å². The number of nitrogens with one attached hydrogen (secondary N) is 2. The maximum atomic E-state index is 12.7. The molecule has 0 aromatic heterocycles. The van der Waals surface area contributed by atoms with Crippen molar-refractivity contribution in [1.82, 2.24) is 0 Å². The summed E-state index contributed by atoms with van der Waals surface area (Å²) in [4.78, 5) is 36.5. The minimum atomic E-state index is -3.53. The Labute approximate surface area is 168 Å². The molecular weight excluding hydrogens is 400 g/mol. The van der Waals surface area contributed by atoms with Gasteiger partial charge in [-0.15, -0.1) is 0 Å². The van der Waals surface area contributed by atoms with Gasteiger partial charge < -0.3 is 14.8 Å². The number of hydrogen-bond donors (Lipinski definition) is 2. The fourth-order valence-corrected chi connectivity index (χ4v) is 3.07. The van der Waals surface area contributed by atoms with Gasteiger partial charge in [-0.2, -0.15) is 0 Å². The first-order valence-electron chi connectivity index (χ1n) is 8.26. The fraction of sp³-hybridized carbons (Fsp3) is 0.211. The maximum Gasteiger partial charge on any atom is 0.339 e. The van der Waals surface area contributed by atoms with Crippen molar-refractivity contribution in [1.29, 1.82) is 0 Å². The number of anilines is 2. The molecule has 0 aliphatic carbocycles. The molecule has 29 heavy (non-hydrogen) atoms. The second-order valence-electron chi connectivity index (χ2n) is 6.10. The predicted molar refractivity (Wildman–Crippen MR) is 107 cm³/mol. The van der Waals surface area contributed by atoms with E-state index in [4.69, 9.17) is 4.74 Å². The summed E-state index contributed by atoms with van der Waals surface area (Å²) in [5.41, 5.74) is 1.21. The second kappa shape index (κ2) is 8.74. The van der Waals surface area contributed by atoms with Crippen molar-refractivity contribution < 1.29 is 32.3 Å². The number of ether oxygens (including phenoxy) is 2. The van der Waals surface area contributed by atoms with E-state index < -0.39 is 27.9 Å². The number of carbonyl (C=O) groups is 3. The fourth-order valence-electron chi connectivity index (χ4n) is 2.45. The van der Waals surface area contributed by atoms with Crippen LogP contribution >= 0.6 is 0 Å². The van der Waals surface area contributed by atoms with Gasteiger partial charge in [0, 0.05) is 5.56 Å². The Balaban J connectivity index is 2.42. The topological polar surface area (TPSA) is 128 Å². The van der Waals surface area contributed by atoms with Gasteiger partial charge in [0.25, 0.3) is 5.91 Å². The number of aryl methyl sites for hydroxylation is 1.